The van der Waals surface area contributed by atoms with Gasteiger partial charge in [0.25, 0.3) is 5.91 Å². The van der Waals surface area contributed by atoms with Gasteiger partial charge >= 0.3 is 0 Å². The molecule has 0 spiro atoms. The molecule has 0 saturated heterocycles. The van der Waals surface area contributed by atoms with Crippen LogP contribution in [0.4, 0.5) is 0 Å². The number of nitrogens with one attached hydrogen (secondary N) is 1. The molecule has 0 bridgehead atoms. The minimum absolute atomic E-state index is 0.338. The molecular formula is C23H15Cl2N3O. The van der Waals surface area contributed by atoms with Crippen LogP contribution in [0.15, 0.2) is 84.0 Å². The molecule has 0 aliphatic carbocycles. The van der Waals surface area contributed by atoms with Gasteiger partial charge in [-0.2, -0.15) is 5.10 Å². The normalized spacial score (nSPS) is 11.1. The zero-order chi connectivity index (χ0) is 20.2. The van der Waals surface area contributed by atoms with Gasteiger partial charge in [0.1, 0.15) is 0 Å². The highest BCUT2D eigenvalue weighted by Gasteiger charge is 2.13. The second kappa shape index (κ2) is 8.43. The summed E-state index contributed by atoms with van der Waals surface area (Å²) in [4.78, 5) is 17.6. The lowest BCUT2D eigenvalue weighted by atomic mass is 10.0. The van der Waals surface area contributed by atoms with Crippen LogP contribution in [0.2, 0.25) is 10.0 Å². The van der Waals surface area contributed by atoms with Gasteiger partial charge in [0.15, 0.2) is 0 Å². The molecule has 1 aromatic heterocycles. The second-order valence-corrected chi connectivity index (χ2v) is 7.07. The van der Waals surface area contributed by atoms with Crippen LogP contribution in [-0.4, -0.2) is 17.1 Å². The van der Waals surface area contributed by atoms with Gasteiger partial charge in [0.05, 0.1) is 33.0 Å². The van der Waals surface area contributed by atoms with Crippen molar-refractivity contribution >= 4 is 46.2 Å². The summed E-state index contributed by atoms with van der Waals surface area (Å²) >= 11 is 12.2. The van der Waals surface area contributed by atoms with Gasteiger partial charge in [0, 0.05) is 16.5 Å². The third kappa shape index (κ3) is 4.14. The lowest BCUT2D eigenvalue weighted by Gasteiger charge is -2.09. The summed E-state index contributed by atoms with van der Waals surface area (Å²) in [6, 6.07) is 24.2. The molecule has 6 heteroatoms. The van der Waals surface area contributed by atoms with Crippen molar-refractivity contribution in [3.8, 4) is 11.3 Å². The number of rotatable bonds is 4. The number of aromatic nitrogens is 1. The predicted molar refractivity (Wildman–Crippen MR) is 119 cm³/mol. The van der Waals surface area contributed by atoms with E-state index in [1.165, 1.54) is 6.21 Å². The first kappa shape index (κ1) is 19.1. The maximum atomic E-state index is 12.9. The van der Waals surface area contributed by atoms with Crippen LogP contribution in [0.1, 0.15) is 15.9 Å². The number of hydrogen-bond donors (Lipinski definition) is 1. The average Bonchev–Trinajstić information content (AvgIpc) is 2.76. The van der Waals surface area contributed by atoms with E-state index in [0.29, 0.717) is 21.2 Å². The third-order valence-corrected chi connectivity index (χ3v) is 5.22. The van der Waals surface area contributed by atoms with Crippen molar-refractivity contribution in [1.82, 2.24) is 10.4 Å². The van der Waals surface area contributed by atoms with Crippen molar-refractivity contribution in [2.75, 3.05) is 0 Å². The number of hydrogen-bond acceptors (Lipinski definition) is 3. The number of para-hydroxylation sites is 1. The Balaban J connectivity index is 1.68. The highest BCUT2D eigenvalue weighted by atomic mass is 35.5. The van der Waals surface area contributed by atoms with E-state index < -0.39 is 0 Å². The number of carbonyl (C=O) groups excluding carboxylic acids is 1. The molecule has 0 aliphatic heterocycles. The molecule has 0 aliphatic rings. The zero-order valence-corrected chi connectivity index (χ0v) is 16.7. The quantitative estimate of drug-likeness (QED) is 0.327. The lowest BCUT2D eigenvalue weighted by molar-refractivity contribution is 0.0956. The largest absolute Gasteiger partial charge is 0.272 e. The minimum atomic E-state index is -0.338. The summed E-state index contributed by atoms with van der Waals surface area (Å²) in [5.74, 6) is -0.338. The SMILES string of the molecule is O=C(N/N=C\c1cccc(Cl)c1Cl)c1cc(-c2ccccc2)nc2ccccc12. The van der Waals surface area contributed by atoms with Crippen molar-refractivity contribution in [3.63, 3.8) is 0 Å². The molecule has 0 radical (unpaired) electrons. The van der Waals surface area contributed by atoms with Crippen molar-refractivity contribution in [2.45, 2.75) is 0 Å². The van der Waals surface area contributed by atoms with Crippen molar-refractivity contribution in [3.05, 3.63) is 100 Å². The molecule has 3 aromatic carbocycles. The second-order valence-electron chi connectivity index (χ2n) is 6.28. The predicted octanol–water partition coefficient (Wildman–Crippen LogP) is 5.97. The fourth-order valence-electron chi connectivity index (χ4n) is 2.96. The molecule has 0 fully saturated rings. The fourth-order valence-corrected chi connectivity index (χ4v) is 3.32. The van der Waals surface area contributed by atoms with Crippen molar-refractivity contribution in [1.29, 1.82) is 0 Å². The summed E-state index contributed by atoms with van der Waals surface area (Å²) in [5, 5.41) is 5.60. The molecule has 1 N–H and O–H groups in total. The van der Waals surface area contributed by atoms with Gasteiger partial charge in [-0.3, -0.25) is 4.79 Å². The molecule has 4 aromatic rings. The van der Waals surface area contributed by atoms with Crippen LogP contribution < -0.4 is 5.43 Å². The van der Waals surface area contributed by atoms with Gasteiger partial charge in [-0.25, -0.2) is 10.4 Å². The number of benzene rings is 3. The van der Waals surface area contributed by atoms with Gasteiger partial charge in [-0.05, 0) is 18.2 Å². The summed E-state index contributed by atoms with van der Waals surface area (Å²) in [6.07, 6.45) is 1.47. The number of nitrogens with zero attached hydrogens (tertiary/aromatic N) is 2. The first-order chi connectivity index (χ1) is 14.1. The van der Waals surface area contributed by atoms with E-state index in [1.54, 1.807) is 24.3 Å². The van der Waals surface area contributed by atoms with Crippen LogP contribution in [0.3, 0.4) is 0 Å². The molecule has 4 rings (SSSR count). The van der Waals surface area contributed by atoms with E-state index in [0.717, 1.165) is 22.2 Å². The average molecular weight is 420 g/mol. The lowest BCUT2D eigenvalue weighted by Crippen LogP contribution is -2.18. The van der Waals surface area contributed by atoms with Gasteiger partial charge in [-0.1, -0.05) is 83.9 Å². The highest BCUT2D eigenvalue weighted by molar-refractivity contribution is 6.43. The Morgan fingerprint density at radius 2 is 1.69 bits per heavy atom. The number of hydrazone groups is 1. The van der Waals surface area contributed by atoms with Gasteiger partial charge in [-0.15, -0.1) is 0 Å². The maximum absolute atomic E-state index is 12.9. The summed E-state index contributed by atoms with van der Waals surface area (Å²) in [6.45, 7) is 0. The topological polar surface area (TPSA) is 54.4 Å². The number of pyridine rings is 1. The van der Waals surface area contributed by atoms with Crippen LogP contribution in [0.25, 0.3) is 22.2 Å². The molecule has 0 unspecified atom stereocenters. The Morgan fingerprint density at radius 1 is 0.931 bits per heavy atom. The van der Waals surface area contributed by atoms with Crippen LogP contribution in [-0.2, 0) is 0 Å². The Morgan fingerprint density at radius 3 is 2.52 bits per heavy atom. The Kier molecular flexibility index (Phi) is 5.56. The molecule has 142 valence electrons. The Labute approximate surface area is 177 Å². The van der Waals surface area contributed by atoms with E-state index in [-0.39, 0.29) is 5.91 Å². The smallest absolute Gasteiger partial charge is 0.267 e. The molecule has 29 heavy (non-hydrogen) atoms. The number of amides is 1. The van der Waals surface area contributed by atoms with Crippen molar-refractivity contribution < 1.29 is 4.79 Å². The summed E-state index contributed by atoms with van der Waals surface area (Å²) in [7, 11) is 0. The van der Waals surface area contributed by atoms with Gasteiger partial charge in [0.2, 0.25) is 0 Å². The number of halogens is 2. The maximum Gasteiger partial charge on any atom is 0.272 e. The first-order valence-electron chi connectivity index (χ1n) is 8.86. The summed E-state index contributed by atoms with van der Waals surface area (Å²) < 4.78 is 0. The Hall–Kier alpha value is -3.21. The first-order valence-corrected chi connectivity index (χ1v) is 9.62. The minimum Gasteiger partial charge on any atom is -0.267 e. The van der Waals surface area contributed by atoms with Crippen LogP contribution in [0.5, 0.6) is 0 Å². The van der Waals surface area contributed by atoms with E-state index in [2.05, 4.69) is 15.5 Å². The van der Waals surface area contributed by atoms with Crippen LogP contribution in [0, 0.1) is 0 Å². The Bertz CT molecular complexity index is 1220. The summed E-state index contributed by atoms with van der Waals surface area (Å²) in [5.41, 5.74) is 6.06. The fraction of sp³-hybridized carbons (Fsp3) is 0. The third-order valence-electron chi connectivity index (χ3n) is 4.38. The van der Waals surface area contributed by atoms with Crippen LogP contribution >= 0.6 is 23.2 Å². The van der Waals surface area contributed by atoms with Gasteiger partial charge < -0.3 is 0 Å². The monoisotopic (exact) mass is 419 g/mol. The number of fused-ring (bicyclic) bond motifs is 1. The zero-order valence-electron chi connectivity index (χ0n) is 15.1. The highest BCUT2D eigenvalue weighted by Crippen LogP contribution is 2.25. The molecule has 4 nitrogen and oxygen atoms in total. The molecule has 1 amide bonds. The number of carbonyl (C=O) groups is 1. The van der Waals surface area contributed by atoms with E-state index in [9.17, 15) is 4.79 Å². The van der Waals surface area contributed by atoms with Crippen molar-refractivity contribution in [2.24, 2.45) is 5.10 Å². The molecule has 0 saturated carbocycles. The molecule has 0 atom stereocenters. The van der Waals surface area contributed by atoms with E-state index >= 15 is 0 Å². The van der Waals surface area contributed by atoms with E-state index in [1.807, 2.05) is 54.6 Å². The van der Waals surface area contributed by atoms with E-state index in [4.69, 9.17) is 23.2 Å². The molecular weight excluding hydrogens is 405 g/mol. The molecule has 1 heterocycles. The standard InChI is InChI=1S/C23H15Cl2N3O/c24-19-11-6-9-16(22(19)25)14-26-28-23(29)18-13-21(15-7-2-1-3-8-15)27-20-12-5-4-10-17(18)20/h1-14H,(H,28,29)/b26-14-.